The maximum Gasteiger partial charge on any atom is 0.146 e. The van der Waals surface area contributed by atoms with Gasteiger partial charge in [-0.15, -0.1) is 11.3 Å². The lowest BCUT2D eigenvalue weighted by atomic mass is 10.2. The summed E-state index contributed by atoms with van der Waals surface area (Å²) in [6.45, 7) is 3.83. The fraction of sp³-hybridized carbons (Fsp3) is 0.250. The number of aromatic nitrogens is 1. The molecule has 0 aliphatic carbocycles. The van der Waals surface area contributed by atoms with Crippen molar-refractivity contribution in [3.8, 4) is 0 Å². The molecule has 17 heavy (non-hydrogen) atoms. The molecule has 1 aromatic carbocycles. The summed E-state index contributed by atoms with van der Waals surface area (Å²) in [6.07, 6.45) is 0. The Kier molecular flexibility index (Phi) is 3.38. The number of anilines is 1. The van der Waals surface area contributed by atoms with E-state index in [0.717, 1.165) is 10.7 Å². The molecule has 0 atom stereocenters. The molecule has 90 valence electrons. The van der Waals surface area contributed by atoms with Crippen molar-refractivity contribution in [2.45, 2.75) is 20.4 Å². The van der Waals surface area contributed by atoms with E-state index in [4.69, 9.17) is 0 Å². The fourth-order valence-corrected chi connectivity index (χ4v) is 2.07. The smallest absolute Gasteiger partial charge is 0.146 e. The first-order chi connectivity index (χ1) is 8.06. The summed E-state index contributed by atoms with van der Waals surface area (Å²) >= 11 is 1.53. The molecule has 0 bridgehead atoms. The van der Waals surface area contributed by atoms with E-state index in [1.54, 1.807) is 0 Å². The topological polar surface area (TPSA) is 24.9 Å². The Hall–Kier alpha value is -1.49. The molecule has 2 aromatic rings. The van der Waals surface area contributed by atoms with Gasteiger partial charge in [-0.3, -0.25) is 0 Å². The second-order valence-electron chi connectivity index (χ2n) is 3.79. The van der Waals surface area contributed by atoms with Crippen molar-refractivity contribution in [1.82, 2.24) is 4.98 Å². The van der Waals surface area contributed by atoms with E-state index >= 15 is 0 Å². The number of hydrogen-bond donors (Lipinski definition) is 1. The van der Waals surface area contributed by atoms with E-state index in [-0.39, 0.29) is 5.69 Å². The van der Waals surface area contributed by atoms with E-state index < -0.39 is 11.6 Å². The third kappa shape index (κ3) is 2.79. The van der Waals surface area contributed by atoms with Crippen LogP contribution in [-0.4, -0.2) is 4.98 Å². The Morgan fingerprint density at radius 2 is 2.00 bits per heavy atom. The van der Waals surface area contributed by atoms with Gasteiger partial charge in [0, 0.05) is 11.4 Å². The molecular formula is C12H12F2N2S. The van der Waals surface area contributed by atoms with Gasteiger partial charge in [-0.25, -0.2) is 13.8 Å². The summed E-state index contributed by atoms with van der Waals surface area (Å²) in [6, 6.07) is 2.36. The van der Waals surface area contributed by atoms with E-state index in [1.807, 2.05) is 12.3 Å². The maximum absolute atomic E-state index is 13.5. The van der Waals surface area contributed by atoms with Gasteiger partial charge in [0.1, 0.15) is 11.6 Å². The first-order valence-electron chi connectivity index (χ1n) is 5.17. The molecule has 0 saturated carbocycles. The van der Waals surface area contributed by atoms with E-state index in [1.165, 1.54) is 30.4 Å². The van der Waals surface area contributed by atoms with Crippen LogP contribution in [0.4, 0.5) is 14.5 Å². The number of thiazole rings is 1. The van der Waals surface area contributed by atoms with Crippen LogP contribution >= 0.6 is 11.3 Å². The molecule has 0 fully saturated rings. The Morgan fingerprint density at radius 1 is 1.24 bits per heavy atom. The van der Waals surface area contributed by atoms with Crippen molar-refractivity contribution in [2.24, 2.45) is 0 Å². The second kappa shape index (κ2) is 4.79. The average Bonchev–Trinajstić information content (AvgIpc) is 2.68. The zero-order valence-electron chi connectivity index (χ0n) is 9.55. The third-order valence-corrected chi connectivity index (χ3v) is 3.20. The number of aryl methyl sites for hydroxylation is 2. The zero-order valence-corrected chi connectivity index (χ0v) is 10.4. The van der Waals surface area contributed by atoms with Crippen molar-refractivity contribution >= 4 is 17.0 Å². The highest BCUT2D eigenvalue weighted by Crippen LogP contribution is 2.19. The lowest BCUT2D eigenvalue weighted by molar-refractivity contribution is 0.594. The molecule has 2 rings (SSSR count). The number of halogens is 2. The van der Waals surface area contributed by atoms with Crippen LogP contribution in [-0.2, 0) is 6.54 Å². The third-order valence-electron chi connectivity index (χ3n) is 2.37. The van der Waals surface area contributed by atoms with E-state index in [0.29, 0.717) is 12.1 Å². The number of nitrogens with one attached hydrogen (secondary N) is 1. The molecule has 1 N–H and O–H groups in total. The number of hydrogen-bond acceptors (Lipinski definition) is 3. The molecule has 0 aliphatic heterocycles. The standard InChI is InChI=1S/C12H12F2N2S/c1-7-3-11(14)12(4-10(7)13)15-5-9-6-17-8(2)16-9/h3-4,6,15H,5H2,1-2H3. The molecular weight excluding hydrogens is 242 g/mol. The van der Waals surface area contributed by atoms with Gasteiger partial charge in [0.25, 0.3) is 0 Å². The molecule has 5 heteroatoms. The van der Waals surface area contributed by atoms with Crippen LogP contribution in [0.3, 0.4) is 0 Å². The summed E-state index contributed by atoms with van der Waals surface area (Å²) in [5.74, 6) is -0.862. The monoisotopic (exact) mass is 254 g/mol. The molecule has 2 nitrogen and oxygen atoms in total. The highest BCUT2D eigenvalue weighted by Gasteiger charge is 2.07. The molecule has 0 amide bonds. The first kappa shape index (κ1) is 12.0. The van der Waals surface area contributed by atoms with Gasteiger partial charge in [0.05, 0.1) is 22.9 Å². The fourth-order valence-electron chi connectivity index (χ4n) is 1.46. The van der Waals surface area contributed by atoms with Gasteiger partial charge >= 0.3 is 0 Å². The Bertz CT molecular complexity index is 537. The Balaban J connectivity index is 2.11. The maximum atomic E-state index is 13.5. The van der Waals surface area contributed by atoms with Crippen LogP contribution < -0.4 is 5.32 Å². The number of nitrogens with zero attached hydrogens (tertiary/aromatic N) is 1. The second-order valence-corrected chi connectivity index (χ2v) is 4.85. The van der Waals surface area contributed by atoms with Crippen molar-refractivity contribution in [2.75, 3.05) is 5.32 Å². The Morgan fingerprint density at radius 3 is 2.65 bits per heavy atom. The molecule has 1 heterocycles. The highest BCUT2D eigenvalue weighted by atomic mass is 32.1. The van der Waals surface area contributed by atoms with Crippen LogP contribution in [0.5, 0.6) is 0 Å². The summed E-state index contributed by atoms with van der Waals surface area (Å²) in [5, 5.41) is 5.69. The van der Waals surface area contributed by atoms with Crippen LogP contribution in [0, 0.1) is 25.5 Å². The van der Waals surface area contributed by atoms with Gasteiger partial charge in [0.15, 0.2) is 0 Å². The lowest BCUT2D eigenvalue weighted by Gasteiger charge is -2.07. The normalized spacial score (nSPS) is 10.6. The van der Waals surface area contributed by atoms with E-state index in [2.05, 4.69) is 10.3 Å². The van der Waals surface area contributed by atoms with Crippen LogP contribution in [0.15, 0.2) is 17.5 Å². The van der Waals surface area contributed by atoms with Crippen molar-refractivity contribution in [3.05, 3.63) is 45.4 Å². The molecule has 0 unspecified atom stereocenters. The van der Waals surface area contributed by atoms with Gasteiger partial charge in [0.2, 0.25) is 0 Å². The molecule has 0 saturated heterocycles. The minimum atomic E-state index is -0.448. The van der Waals surface area contributed by atoms with Crippen LogP contribution in [0.25, 0.3) is 0 Å². The Labute approximate surface area is 102 Å². The minimum absolute atomic E-state index is 0.166. The minimum Gasteiger partial charge on any atom is -0.377 e. The lowest BCUT2D eigenvalue weighted by Crippen LogP contribution is -2.03. The van der Waals surface area contributed by atoms with Gasteiger partial charge < -0.3 is 5.32 Å². The summed E-state index contributed by atoms with van der Waals surface area (Å²) in [7, 11) is 0. The predicted molar refractivity (Wildman–Crippen MR) is 65.3 cm³/mol. The summed E-state index contributed by atoms with van der Waals surface area (Å²) in [5.41, 5.74) is 1.30. The first-order valence-corrected chi connectivity index (χ1v) is 6.05. The molecule has 1 aromatic heterocycles. The van der Waals surface area contributed by atoms with E-state index in [9.17, 15) is 8.78 Å². The molecule has 0 spiro atoms. The van der Waals surface area contributed by atoms with Crippen molar-refractivity contribution in [1.29, 1.82) is 0 Å². The van der Waals surface area contributed by atoms with Crippen molar-refractivity contribution < 1.29 is 8.78 Å². The van der Waals surface area contributed by atoms with Gasteiger partial charge in [-0.1, -0.05) is 0 Å². The number of benzene rings is 1. The largest absolute Gasteiger partial charge is 0.377 e. The van der Waals surface area contributed by atoms with Crippen molar-refractivity contribution in [3.63, 3.8) is 0 Å². The van der Waals surface area contributed by atoms with Gasteiger partial charge in [-0.05, 0) is 25.5 Å². The number of rotatable bonds is 3. The SMILES string of the molecule is Cc1nc(CNc2cc(F)c(C)cc2F)cs1. The predicted octanol–water partition coefficient (Wildman–Crippen LogP) is 3.65. The van der Waals surface area contributed by atoms with Crippen LogP contribution in [0.1, 0.15) is 16.3 Å². The summed E-state index contributed by atoms with van der Waals surface area (Å²) < 4.78 is 26.8. The average molecular weight is 254 g/mol. The molecule has 0 aliphatic rings. The van der Waals surface area contributed by atoms with Gasteiger partial charge in [-0.2, -0.15) is 0 Å². The zero-order chi connectivity index (χ0) is 12.4. The summed E-state index contributed by atoms with van der Waals surface area (Å²) in [4.78, 5) is 4.24. The quantitative estimate of drug-likeness (QED) is 0.904. The molecule has 0 radical (unpaired) electrons. The highest BCUT2D eigenvalue weighted by molar-refractivity contribution is 7.09. The van der Waals surface area contributed by atoms with Crippen LogP contribution in [0.2, 0.25) is 0 Å².